The molecule has 0 aliphatic carbocycles. The summed E-state index contributed by atoms with van der Waals surface area (Å²) in [5.74, 6) is -1.99. The molecule has 0 bridgehead atoms. The molecular weight excluding hydrogens is 200 g/mol. The molecule has 0 radical (unpaired) electrons. The molecule has 0 aliphatic rings. The van der Waals surface area contributed by atoms with Gasteiger partial charge in [0.2, 0.25) is 0 Å². The van der Waals surface area contributed by atoms with Crippen LogP contribution in [0, 0.1) is 0 Å². The van der Waals surface area contributed by atoms with Crippen LogP contribution in [-0.2, 0) is 9.59 Å². The Morgan fingerprint density at radius 1 is 1.40 bits per heavy atom. The van der Waals surface area contributed by atoms with Gasteiger partial charge in [-0.25, -0.2) is 4.79 Å². The number of aliphatic imine (C=N–C) groups is 1. The van der Waals surface area contributed by atoms with Crippen LogP contribution in [-0.4, -0.2) is 34.9 Å². The van der Waals surface area contributed by atoms with Crippen molar-refractivity contribution in [2.75, 3.05) is 6.54 Å². The van der Waals surface area contributed by atoms with Crippen LogP contribution in [0.4, 0.5) is 0 Å². The minimum Gasteiger partial charge on any atom is -0.480 e. The van der Waals surface area contributed by atoms with Gasteiger partial charge in [0.1, 0.15) is 0 Å². The first kappa shape index (κ1) is 13.4. The third kappa shape index (κ3) is 3.94. The quantitative estimate of drug-likeness (QED) is 0.182. The zero-order chi connectivity index (χ0) is 12.1. The fourth-order valence-corrected chi connectivity index (χ4v) is 1.000. The van der Waals surface area contributed by atoms with Crippen molar-refractivity contribution in [1.29, 1.82) is 0 Å². The molecule has 0 saturated carbocycles. The first-order chi connectivity index (χ1) is 6.80. The number of nitrogens with two attached hydrogens (primary N) is 3. The molecule has 7 nitrogen and oxygen atoms in total. The number of guanidine groups is 1. The highest BCUT2D eigenvalue weighted by atomic mass is 16.4. The summed E-state index contributed by atoms with van der Waals surface area (Å²) in [5.41, 5.74) is 13.8. The molecule has 0 rings (SSSR count). The van der Waals surface area contributed by atoms with E-state index in [9.17, 15) is 9.59 Å². The Kier molecular flexibility index (Phi) is 4.72. The molecule has 0 aromatic heterocycles. The first-order valence-electron chi connectivity index (χ1n) is 4.39. The number of carboxylic acids is 1. The van der Waals surface area contributed by atoms with Gasteiger partial charge in [-0.2, -0.15) is 0 Å². The van der Waals surface area contributed by atoms with E-state index < -0.39 is 17.3 Å². The van der Waals surface area contributed by atoms with Gasteiger partial charge in [-0.1, -0.05) is 0 Å². The fourth-order valence-electron chi connectivity index (χ4n) is 1.000. The summed E-state index contributed by atoms with van der Waals surface area (Å²) in [6, 6.07) is 0. The van der Waals surface area contributed by atoms with Gasteiger partial charge in [-0.15, -0.1) is 0 Å². The highest BCUT2D eigenvalue weighted by Crippen LogP contribution is 2.11. The molecule has 0 aliphatic heterocycles. The Hall–Kier alpha value is -1.63. The smallest absolute Gasteiger partial charge is 0.331 e. The van der Waals surface area contributed by atoms with Gasteiger partial charge in [0, 0.05) is 6.54 Å². The second-order valence-corrected chi connectivity index (χ2v) is 3.24. The molecule has 7 heteroatoms. The summed E-state index contributed by atoms with van der Waals surface area (Å²) in [4.78, 5) is 25.5. The van der Waals surface area contributed by atoms with E-state index in [2.05, 4.69) is 4.99 Å². The number of hydrogen-bond acceptors (Lipinski definition) is 4. The maximum atomic E-state index is 11.0. The Morgan fingerprint density at radius 2 is 1.93 bits per heavy atom. The largest absolute Gasteiger partial charge is 0.480 e. The van der Waals surface area contributed by atoms with Crippen molar-refractivity contribution in [2.45, 2.75) is 25.3 Å². The monoisotopic (exact) mass is 216 g/mol. The van der Waals surface area contributed by atoms with E-state index in [1.807, 2.05) is 0 Å². The highest BCUT2D eigenvalue weighted by Gasteiger charge is 2.38. The molecular formula is C8H16N4O3. The van der Waals surface area contributed by atoms with Gasteiger partial charge in [0.05, 0.1) is 0 Å². The van der Waals surface area contributed by atoms with Crippen LogP contribution in [0.3, 0.4) is 0 Å². The summed E-state index contributed by atoms with van der Waals surface area (Å²) in [5, 5.41) is 8.78. The van der Waals surface area contributed by atoms with Gasteiger partial charge in [-0.05, 0) is 19.8 Å². The molecule has 0 unspecified atom stereocenters. The molecule has 0 aromatic rings. The van der Waals surface area contributed by atoms with Crippen molar-refractivity contribution >= 4 is 17.7 Å². The van der Waals surface area contributed by atoms with E-state index in [4.69, 9.17) is 22.3 Å². The van der Waals surface area contributed by atoms with Crippen LogP contribution in [0.15, 0.2) is 4.99 Å². The SMILES string of the molecule is CC(=O)[C@@](N)(CCCN=C(N)N)C(=O)O. The molecule has 86 valence electrons. The second kappa shape index (κ2) is 5.30. The Bertz CT molecular complexity index is 270. The summed E-state index contributed by atoms with van der Waals surface area (Å²) in [6.45, 7) is 1.40. The number of aliphatic carboxylic acids is 1. The first-order valence-corrected chi connectivity index (χ1v) is 4.39. The van der Waals surface area contributed by atoms with E-state index in [0.717, 1.165) is 6.92 Å². The highest BCUT2D eigenvalue weighted by molar-refractivity contribution is 6.06. The van der Waals surface area contributed by atoms with Crippen molar-refractivity contribution in [3.05, 3.63) is 0 Å². The molecule has 0 spiro atoms. The van der Waals surface area contributed by atoms with Crippen LogP contribution in [0.1, 0.15) is 19.8 Å². The third-order valence-corrected chi connectivity index (χ3v) is 2.03. The van der Waals surface area contributed by atoms with E-state index in [-0.39, 0.29) is 18.9 Å². The lowest BCUT2D eigenvalue weighted by Gasteiger charge is -2.20. The topological polar surface area (TPSA) is 145 Å². The minimum absolute atomic E-state index is 0.00838. The van der Waals surface area contributed by atoms with E-state index in [1.54, 1.807) is 0 Å². The van der Waals surface area contributed by atoms with Gasteiger partial charge >= 0.3 is 5.97 Å². The van der Waals surface area contributed by atoms with Crippen LogP contribution < -0.4 is 17.2 Å². The number of hydrogen-bond donors (Lipinski definition) is 4. The molecule has 7 N–H and O–H groups in total. The zero-order valence-corrected chi connectivity index (χ0v) is 8.56. The fraction of sp³-hybridized carbons (Fsp3) is 0.625. The average Bonchev–Trinajstić information content (AvgIpc) is 2.10. The number of carbonyl (C=O) groups excluding carboxylic acids is 1. The Labute approximate surface area is 87.3 Å². The zero-order valence-electron chi connectivity index (χ0n) is 8.56. The van der Waals surface area contributed by atoms with E-state index >= 15 is 0 Å². The second-order valence-electron chi connectivity index (χ2n) is 3.24. The maximum Gasteiger partial charge on any atom is 0.331 e. The van der Waals surface area contributed by atoms with Crippen molar-refractivity contribution in [3.8, 4) is 0 Å². The van der Waals surface area contributed by atoms with Crippen LogP contribution in [0.25, 0.3) is 0 Å². The summed E-state index contributed by atoms with van der Waals surface area (Å²) >= 11 is 0. The molecule has 0 saturated heterocycles. The van der Waals surface area contributed by atoms with Gasteiger partial charge in [0.25, 0.3) is 0 Å². The van der Waals surface area contributed by atoms with Crippen LogP contribution >= 0.6 is 0 Å². The maximum absolute atomic E-state index is 11.0. The van der Waals surface area contributed by atoms with Crippen molar-refractivity contribution in [1.82, 2.24) is 0 Å². The molecule has 0 fully saturated rings. The predicted molar refractivity (Wildman–Crippen MR) is 55.1 cm³/mol. The lowest BCUT2D eigenvalue weighted by Crippen LogP contribution is -2.54. The van der Waals surface area contributed by atoms with Crippen molar-refractivity contribution in [3.63, 3.8) is 0 Å². The predicted octanol–water partition coefficient (Wildman–Crippen LogP) is -1.59. The number of ketones is 1. The minimum atomic E-state index is -1.83. The Morgan fingerprint density at radius 3 is 2.27 bits per heavy atom. The molecule has 0 aromatic carbocycles. The number of Topliss-reactive ketones (excluding diaryl/α,β-unsaturated/α-hetero) is 1. The summed E-state index contributed by atoms with van der Waals surface area (Å²) < 4.78 is 0. The number of carbonyl (C=O) groups is 2. The van der Waals surface area contributed by atoms with Gasteiger partial charge in [0.15, 0.2) is 17.3 Å². The molecule has 0 amide bonds. The van der Waals surface area contributed by atoms with Gasteiger partial charge in [-0.3, -0.25) is 9.79 Å². The van der Waals surface area contributed by atoms with Crippen LogP contribution in [0.5, 0.6) is 0 Å². The normalized spacial score (nSPS) is 14.0. The summed E-state index contributed by atoms with van der Waals surface area (Å²) in [7, 11) is 0. The number of nitrogens with zero attached hydrogens (tertiary/aromatic N) is 1. The third-order valence-electron chi connectivity index (χ3n) is 2.03. The lowest BCUT2D eigenvalue weighted by molar-refractivity contribution is -0.148. The van der Waals surface area contributed by atoms with E-state index in [0.29, 0.717) is 6.42 Å². The van der Waals surface area contributed by atoms with Gasteiger partial charge < -0.3 is 22.3 Å². The molecule has 1 atom stereocenters. The lowest BCUT2D eigenvalue weighted by atomic mass is 9.91. The standard InChI is InChI=1S/C8H16N4O3/c1-5(13)8(11,6(14)15)3-2-4-12-7(9)10/h2-4,11H2,1H3,(H,14,15)(H4,9,10,12)/t8-/m0/s1. The van der Waals surface area contributed by atoms with Crippen molar-refractivity contribution in [2.24, 2.45) is 22.2 Å². The number of carboxylic acid groups (broad SMARTS) is 1. The van der Waals surface area contributed by atoms with Crippen LogP contribution in [0.2, 0.25) is 0 Å². The average molecular weight is 216 g/mol. The Balaban J connectivity index is 4.28. The van der Waals surface area contributed by atoms with Crippen molar-refractivity contribution < 1.29 is 14.7 Å². The van der Waals surface area contributed by atoms with E-state index in [1.165, 1.54) is 0 Å². The molecule has 0 heterocycles. The summed E-state index contributed by atoms with van der Waals surface area (Å²) in [6.07, 6.45) is 0.342. The molecule has 15 heavy (non-hydrogen) atoms. The number of rotatable bonds is 6.